The Morgan fingerprint density at radius 3 is 2.56 bits per heavy atom. The minimum absolute atomic E-state index is 0.103. The number of anilines is 1. The lowest BCUT2D eigenvalue weighted by molar-refractivity contribution is 0.102. The Balaban J connectivity index is 2.25. The maximum absolute atomic E-state index is 13.7. The molecule has 1 amide bonds. The summed E-state index contributed by atoms with van der Waals surface area (Å²) in [6, 6.07) is 9.80. The molecule has 0 aliphatic rings. The van der Waals surface area contributed by atoms with Crippen molar-refractivity contribution in [1.82, 2.24) is 0 Å². The molecule has 0 atom stereocenters. The van der Waals surface area contributed by atoms with Crippen LogP contribution in [-0.4, -0.2) is 5.91 Å². The van der Waals surface area contributed by atoms with Crippen molar-refractivity contribution in [2.45, 2.75) is 0 Å². The Bertz CT molecular complexity index is 601. The highest BCUT2D eigenvalue weighted by atomic mass is 79.9. The number of hydrogen-bond donors (Lipinski definition) is 1. The van der Waals surface area contributed by atoms with Crippen LogP contribution in [-0.2, 0) is 0 Å². The van der Waals surface area contributed by atoms with Gasteiger partial charge in [0.25, 0.3) is 5.91 Å². The number of rotatable bonds is 2. The lowest BCUT2D eigenvalue weighted by Gasteiger charge is -2.06. The van der Waals surface area contributed by atoms with Gasteiger partial charge in [-0.25, -0.2) is 8.78 Å². The number of nitrogens with one attached hydrogen (secondary N) is 1. The van der Waals surface area contributed by atoms with Gasteiger partial charge >= 0.3 is 0 Å². The summed E-state index contributed by atoms with van der Waals surface area (Å²) in [5.74, 6) is -1.74. The standard InChI is InChI=1S/C13H8BrF2NO/c14-11-6-2-5-10(12(11)16)13(18)17-9-4-1-3-8(15)7-9/h1-7H,(H,17,18). The zero-order valence-corrected chi connectivity index (χ0v) is 10.7. The van der Waals surface area contributed by atoms with Crippen molar-refractivity contribution in [2.75, 3.05) is 5.32 Å². The fourth-order valence-corrected chi connectivity index (χ4v) is 1.81. The molecule has 2 nitrogen and oxygen atoms in total. The summed E-state index contributed by atoms with van der Waals surface area (Å²) in [5.41, 5.74) is 0.174. The molecule has 0 aromatic heterocycles. The highest BCUT2D eigenvalue weighted by Crippen LogP contribution is 2.20. The second-order valence-corrected chi connectivity index (χ2v) is 4.42. The Morgan fingerprint density at radius 1 is 1.11 bits per heavy atom. The molecule has 92 valence electrons. The molecule has 5 heteroatoms. The number of carbonyl (C=O) groups is 1. The van der Waals surface area contributed by atoms with Crippen molar-refractivity contribution in [3.63, 3.8) is 0 Å². The van der Waals surface area contributed by atoms with Gasteiger partial charge in [-0.2, -0.15) is 0 Å². The van der Waals surface area contributed by atoms with Crippen LogP contribution in [0.5, 0.6) is 0 Å². The normalized spacial score (nSPS) is 10.2. The minimum Gasteiger partial charge on any atom is -0.322 e. The molecule has 2 aromatic carbocycles. The van der Waals surface area contributed by atoms with Crippen molar-refractivity contribution < 1.29 is 13.6 Å². The van der Waals surface area contributed by atoms with E-state index in [1.807, 2.05) is 0 Å². The van der Waals surface area contributed by atoms with E-state index >= 15 is 0 Å². The van der Waals surface area contributed by atoms with Crippen LogP contribution in [0, 0.1) is 11.6 Å². The first-order valence-electron chi connectivity index (χ1n) is 5.09. The van der Waals surface area contributed by atoms with Crippen molar-refractivity contribution in [2.24, 2.45) is 0 Å². The molecule has 0 radical (unpaired) electrons. The molecule has 0 saturated carbocycles. The smallest absolute Gasteiger partial charge is 0.258 e. The second-order valence-electron chi connectivity index (χ2n) is 3.57. The molecule has 2 rings (SSSR count). The van der Waals surface area contributed by atoms with E-state index in [4.69, 9.17) is 0 Å². The highest BCUT2D eigenvalue weighted by molar-refractivity contribution is 9.10. The molecule has 0 heterocycles. The van der Waals surface area contributed by atoms with Gasteiger partial charge in [-0.1, -0.05) is 12.1 Å². The first-order chi connectivity index (χ1) is 8.58. The van der Waals surface area contributed by atoms with E-state index in [0.717, 1.165) is 6.07 Å². The van der Waals surface area contributed by atoms with Crippen LogP contribution >= 0.6 is 15.9 Å². The van der Waals surface area contributed by atoms with Crippen LogP contribution in [0.25, 0.3) is 0 Å². The molecule has 18 heavy (non-hydrogen) atoms. The first kappa shape index (κ1) is 12.7. The summed E-state index contributed by atoms with van der Waals surface area (Å²) in [6.07, 6.45) is 0. The molecular formula is C13H8BrF2NO. The third-order valence-corrected chi connectivity index (χ3v) is 2.89. The van der Waals surface area contributed by atoms with Gasteiger partial charge in [-0.3, -0.25) is 4.79 Å². The highest BCUT2D eigenvalue weighted by Gasteiger charge is 2.13. The maximum atomic E-state index is 13.7. The van der Waals surface area contributed by atoms with Crippen LogP contribution < -0.4 is 5.32 Å². The van der Waals surface area contributed by atoms with E-state index in [0.29, 0.717) is 0 Å². The number of halogens is 3. The SMILES string of the molecule is O=C(Nc1cccc(F)c1)c1cccc(Br)c1F. The van der Waals surface area contributed by atoms with Gasteiger partial charge in [-0.15, -0.1) is 0 Å². The molecule has 2 aromatic rings. The molecular weight excluding hydrogens is 304 g/mol. The van der Waals surface area contributed by atoms with Crippen molar-refractivity contribution in [1.29, 1.82) is 0 Å². The zero-order valence-electron chi connectivity index (χ0n) is 9.08. The van der Waals surface area contributed by atoms with Crippen molar-refractivity contribution in [3.05, 3.63) is 64.1 Å². The van der Waals surface area contributed by atoms with Gasteiger partial charge in [0, 0.05) is 5.69 Å². The van der Waals surface area contributed by atoms with Gasteiger partial charge in [0.2, 0.25) is 0 Å². The zero-order chi connectivity index (χ0) is 13.1. The van der Waals surface area contributed by atoms with E-state index < -0.39 is 17.5 Å². The largest absolute Gasteiger partial charge is 0.322 e. The number of amides is 1. The van der Waals surface area contributed by atoms with Gasteiger partial charge in [0.1, 0.15) is 11.6 Å². The van der Waals surface area contributed by atoms with Crippen LogP contribution in [0.4, 0.5) is 14.5 Å². The molecule has 0 unspecified atom stereocenters. The molecule has 0 aliphatic carbocycles. The van der Waals surface area contributed by atoms with E-state index in [-0.39, 0.29) is 15.7 Å². The molecule has 0 fully saturated rings. The molecule has 0 saturated heterocycles. The topological polar surface area (TPSA) is 29.1 Å². The average molecular weight is 312 g/mol. The predicted molar refractivity (Wildman–Crippen MR) is 68.5 cm³/mol. The van der Waals surface area contributed by atoms with Crippen LogP contribution in [0.3, 0.4) is 0 Å². The Hall–Kier alpha value is -1.75. The van der Waals surface area contributed by atoms with Gasteiger partial charge < -0.3 is 5.32 Å². The Labute approximate surface area is 111 Å². The van der Waals surface area contributed by atoms with Crippen LogP contribution in [0.15, 0.2) is 46.9 Å². The lowest BCUT2D eigenvalue weighted by atomic mass is 10.2. The summed E-state index contributed by atoms with van der Waals surface area (Å²) in [7, 11) is 0. The molecule has 0 spiro atoms. The molecule has 0 aliphatic heterocycles. The monoisotopic (exact) mass is 311 g/mol. The molecule has 0 bridgehead atoms. The summed E-state index contributed by atoms with van der Waals surface area (Å²) >= 11 is 3.00. The van der Waals surface area contributed by atoms with Crippen LogP contribution in [0.1, 0.15) is 10.4 Å². The minimum atomic E-state index is -0.647. The average Bonchev–Trinajstić information content (AvgIpc) is 2.32. The van der Waals surface area contributed by atoms with Crippen molar-refractivity contribution in [3.8, 4) is 0 Å². The third kappa shape index (κ3) is 2.73. The second kappa shape index (κ2) is 5.27. The fourth-order valence-electron chi connectivity index (χ4n) is 1.44. The van der Waals surface area contributed by atoms with Gasteiger partial charge in [0.15, 0.2) is 0 Å². The number of hydrogen-bond acceptors (Lipinski definition) is 1. The summed E-state index contributed by atoms with van der Waals surface area (Å²) < 4.78 is 26.8. The van der Waals surface area contributed by atoms with E-state index in [2.05, 4.69) is 21.2 Å². The maximum Gasteiger partial charge on any atom is 0.258 e. The van der Waals surface area contributed by atoms with E-state index in [1.165, 1.54) is 30.3 Å². The summed E-state index contributed by atoms with van der Waals surface area (Å²) in [6.45, 7) is 0. The lowest BCUT2D eigenvalue weighted by Crippen LogP contribution is -2.14. The number of benzene rings is 2. The number of carbonyl (C=O) groups excluding carboxylic acids is 1. The summed E-state index contributed by atoms with van der Waals surface area (Å²) in [5, 5.41) is 2.43. The third-order valence-electron chi connectivity index (χ3n) is 2.28. The van der Waals surface area contributed by atoms with E-state index in [1.54, 1.807) is 6.07 Å². The van der Waals surface area contributed by atoms with Crippen LogP contribution in [0.2, 0.25) is 0 Å². The van der Waals surface area contributed by atoms with Gasteiger partial charge in [0.05, 0.1) is 10.0 Å². The summed E-state index contributed by atoms with van der Waals surface area (Å²) in [4.78, 5) is 11.8. The van der Waals surface area contributed by atoms with Gasteiger partial charge in [-0.05, 0) is 46.3 Å². The van der Waals surface area contributed by atoms with E-state index in [9.17, 15) is 13.6 Å². The predicted octanol–water partition coefficient (Wildman–Crippen LogP) is 3.98. The Morgan fingerprint density at radius 2 is 1.83 bits per heavy atom. The van der Waals surface area contributed by atoms with Crippen molar-refractivity contribution >= 4 is 27.5 Å². The quantitative estimate of drug-likeness (QED) is 0.893. The first-order valence-corrected chi connectivity index (χ1v) is 5.88. The Kier molecular flexibility index (Phi) is 3.72. The fraction of sp³-hybridized carbons (Fsp3) is 0. The molecule has 1 N–H and O–H groups in total.